The highest BCUT2D eigenvalue weighted by atomic mass is 19.1. The summed E-state index contributed by atoms with van der Waals surface area (Å²) >= 11 is 0. The van der Waals surface area contributed by atoms with Gasteiger partial charge in [-0.2, -0.15) is 0 Å². The van der Waals surface area contributed by atoms with E-state index in [9.17, 15) is 9.50 Å². The van der Waals surface area contributed by atoms with Crippen molar-refractivity contribution in [3.05, 3.63) is 48.0 Å². The van der Waals surface area contributed by atoms with Gasteiger partial charge in [0, 0.05) is 11.8 Å². The number of pyridine rings is 1. The highest BCUT2D eigenvalue weighted by Crippen LogP contribution is 2.25. The zero-order valence-electron chi connectivity index (χ0n) is 8.24. The molecule has 76 valence electrons. The Labute approximate surface area is 87.0 Å². The molecule has 0 aliphatic carbocycles. The highest BCUT2D eigenvalue weighted by molar-refractivity contribution is 5.67. The van der Waals surface area contributed by atoms with E-state index in [-0.39, 0.29) is 11.6 Å². The van der Waals surface area contributed by atoms with Crippen LogP contribution in [0.4, 0.5) is 4.39 Å². The van der Waals surface area contributed by atoms with Gasteiger partial charge in [0.05, 0.1) is 6.20 Å². The standard InChI is InChI=1S/C12H10FNO/c1-8-2-3-10(13)5-12(8)9-4-11(15)7-14-6-9/h2-7,15H,1H3. The Morgan fingerprint density at radius 2 is 2.00 bits per heavy atom. The van der Waals surface area contributed by atoms with Crippen LogP contribution in [-0.2, 0) is 0 Å². The van der Waals surface area contributed by atoms with Gasteiger partial charge in [0.2, 0.25) is 0 Å². The number of aromatic nitrogens is 1. The van der Waals surface area contributed by atoms with Crippen molar-refractivity contribution in [2.75, 3.05) is 0 Å². The third-order valence-electron chi connectivity index (χ3n) is 2.23. The lowest BCUT2D eigenvalue weighted by molar-refractivity contribution is 0.473. The summed E-state index contributed by atoms with van der Waals surface area (Å²) in [6, 6.07) is 6.12. The Morgan fingerprint density at radius 3 is 2.73 bits per heavy atom. The SMILES string of the molecule is Cc1ccc(F)cc1-c1cncc(O)c1. The number of aryl methyl sites for hydroxylation is 1. The number of hydrogen-bond acceptors (Lipinski definition) is 2. The molecule has 0 unspecified atom stereocenters. The summed E-state index contributed by atoms with van der Waals surface area (Å²) in [4.78, 5) is 3.86. The maximum absolute atomic E-state index is 13.1. The van der Waals surface area contributed by atoms with Crippen LogP contribution in [0.3, 0.4) is 0 Å². The molecular weight excluding hydrogens is 193 g/mol. The van der Waals surface area contributed by atoms with Crippen LogP contribution in [0.15, 0.2) is 36.7 Å². The summed E-state index contributed by atoms with van der Waals surface area (Å²) in [6.07, 6.45) is 2.94. The summed E-state index contributed by atoms with van der Waals surface area (Å²) in [5.41, 5.74) is 2.41. The molecule has 2 rings (SSSR count). The van der Waals surface area contributed by atoms with Gasteiger partial charge in [0.15, 0.2) is 0 Å². The predicted molar refractivity (Wildman–Crippen MR) is 56.0 cm³/mol. The average Bonchev–Trinajstić information content (AvgIpc) is 2.22. The molecule has 0 saturated heterocycles. The van der Waals surface area contributed by atoms with Crippen LogP contribution in [0, 0.1) is 12.7 Å². The normalized spacial score (nSPS) is 10.3. The second kappa shape index (κ2) is 3.69. The molecule has 0 bridgehead atoms. The molecular formula is C12H10FNO. The van der Waals surface area contributed by atoms with Gasteiger partial charge in [0.25, 0.3) is 0 Å². The summed E-state index contributed by atoms with van der Waals surface area (Å²) in [5, 5.41) is 9.28. The van der Waals surface area contributed by atoms with Crippen molar-refractivity contribution in [3.8, 4) is 16.9 Å². The fraction of sp³-hybridized carbons (Fsp3) is 0.0833. The first-order valence-electron chi connectivity index (χ1n) is 4.57. The topological polar surface area (TPSA) is 33.1 Å². The molecule has 1 aromatic heterocycles. The first-order chi connectivity index (χ1) is 7.16. The molecule has 0 saturated carbocycles. The van der Waals surface area contributed by atoms with Crippen LogP contribution >= 0.6 is 0 Å². The Bertz CT molecular complexity index is 497. The molecule has 1 aromatic carbocycles. The van der Waals surface area contributed by atoms with Gasteiger partial charge >= 0.3 is 0 Å². The Kier molecular flexibility index (Phi) is 2.37. The zero-order chi connectivity index (χ0) is 10.8. The third kappa shape index (κ3) is 1.96. The monoisotopic (exact) mass is 203 g/mol. The lowest BCUT2D eigenvalue weighted by Crippen LogP contribution is -1.86. The van der Waals surface area contributed by atoms with E-state index in [1.807, 2.05) is 6.92 Å². The molecule has 1 N–H and O–H groups in total. The smallest absolute Gasteiger partial charge is 0.134 e. The van der Waals surface area contributed by atoms with E-state index >= 15 is 0 Å². The number of aromatic hydroxyl groups is 1. The van der Waals surface area contributed by atoms with Gasteiger partial charge in [-0.25, -0.2) is 4.39 Å². The third-order valence-corrected chi connectivity index (χ3v) is 2.23. The highest BCUT2D eigenvalue weighted by Gasteiger charge is 2.04. The number of halogens is 1. The van der Waals surface area contributed by atoms with E-state index < -0.39 is 0 Å². The van der Waals surface area contributed by atoms with Crippen LogP contribution in [-0.4, -0.2) is 10.1 Å². The number of hydrogen-bond donors (Lipinski definition) is 1. The molecule has 15 heavy (non-hydrogen) atoms. The Morgan fingerprint density at radius 1 is 1.20 bits per heavy atom. The van der Waals surface area contributed by atoms with Crippen LogP contribution < -0.4 is 0 Å². The number of rotatable bonds is 1. The molecule has 0 amide bonds. The number of benzene rings is 1. The lowest BCUT2D eigenvalue weighted by atomic mass is 10.0. The number of nitrogens with zero attached hydrogens (tertiary/aromatic N) is 1. The molecule has 2 nitrogen and oxygen atoms in total. The van der Waals surface area contributed by atoms with E-state index in [0.29, 0.717) is 5.56 Å². The maximum Gasteiger partial charge on any atom is 0.134 e. The molecule has 0 aliphatic heterocycles. The van der Waals surface area contributed by atoms with Crippen LogP contribution in [0.1, 0.15) is 5.56 Å². The van der Waals surface area contributed by atoms with Crippen molar-refractivity contribution in [3.63, 3.8) is 0 Å². The zero-order valence-corrected chi connectivity index (χ0v) is 8.24. The molecule has 0 radical (unpaired) electrons. The molecule has 0 spiro atoms. The van der Waals surface area contributed by atoms with E-state index in [4.69, 9.17) is 0 Å². The van der Waals surface area contributed by atoms with Crippen molar-refractivity contribution in [2.45, 2.75) is 6.92 Å². The van der Waals surface area contributed by atoms with Gasteiger partial charge in [-0.15, -0.1) is 0 Å². The fourth-order valence-electron chi connectivity index (χ4n) is 1.48. The van der Waals surface area contributed by atoms with Crippen molar-refractivity contribution in [1.29, 1.82) is 0 Å². The second-order valence-corrected chi connectivity index (χ2v) is 3.39. The second-order valence-electron chi connectivity index (χ2n) is 3.39. The fourth-order valence-corrected chi connectivity index (χ4v) is 1.48. The van der Waals surface area contributed by atoms with Gasteiger partial charge in [0.1, 0.15) is 11.6 Å². The van der Waals surface area contributed by atoms with E-state index in [0.717, 1.165) is 11.1 Å². The Hall–Kier alpha value is -1.90. The molecule has 1 heterocycles. The van der Waals surface area contributed by atoms with Crippen molar-refractivity contribution in [1.82, 2.24) is 4.98 Å². The van der Waals surface area contributed by atoms with Gasteiger partial charge in [-0.3, -0.25) is 4.98 Å². The van der Waals surface area contributed by atoms with Gasteiger partial charge in [-0.05, 0) is 36.2 Å². The first kappa shape index (κ1) is 9.65. The lowest BCUT2D eigenvalue weighted by Gasteiger charge is -2.05. The van der Waals surface area contributed by atoms with Crippen LogP contribution in [0.25, 0.3) is 11.1 Å². The first-order valence-corrected chi connectivity index (χ1v) is 4.57. The van der Waals surface area contributed by atoms with E-state index in [1.165, 1.54) is 18.3 Å². The van der Waals surface area contributed by atoms with Crippen LogP contribution in [0.2, 0.25) is 0 Å². The Balaban J connectivity index is 2.58. The molecule has 2 aromatic rings. The van der Waals surface area contributed by atoms with Crippen molar-refractivity contribution < 1.29 is 9.50 Å². The van der Waals surface area contributed by atoms with E-state index in [1.54, 1.807) is 18.3 Å². The van der Waals surface area contributed by atoms with Crippen molar-refractivity contribution >= 4 is 0 Å². The summed E-state index contributed by atoms with van der Waals surface area (Å²) in [7, 11) is 0. The average molecular weight is 203 g/mol. The van der Waals surface area contributed by atoms with E-state index in [2.05, 4.69) is 4.98 Å². The summed E-state index contributed by atoms with van der Waals surface area (Å²) in [5.74, 6) is -0.213. The quantitative estimate of drug-likeness (QED) is 0.773. The predicted octanol–water partition coefficient (Wildman–Crippen LogP) is 2.90. The summed E-state index contributed by atoms with van der Waals surface area (Å²) < 4.78 is 13.1. The summed E-state index contributed by atoms with van der Waals surface area (Å²) in [6.45, 7) is 1.89. The molecule has 0 fully saturated rings. The largest absolute Gasteiger partial charge is 0.506 e. The molecule has 0 aliphatic rings. The molecule has 3 heteroatoms. The van der Waals surface area contributed by atoms with Crippen molar-refractivity contribution in [2.24, 2.45) is 0 Å². The van der Waals surface area contributed by atoms with Gasteiger partial charge < -0.3 is 5.11 Å². The molecule has 0 atom stereocenters. The van der Waals surface area contributed by atoms with Gasteiger partial charge in [-0.1, -0.05) is 6.07 Å². The minimum Gasteiger partial charge on any atom is -0.506 e. The maximum atomic E-state index is 13.1. The minimum atomic E-state index is -0.293. The van der Waals surface area contributed by atoms with Crippen LogP contribution in [0.5, 0.6) is 5.75 Å². The minimum absolute atomic E-state index is 0.0798.